The first-order valence-electron chi connectivity index (χ1n) is 7.44. The number of anilines is 1. The Kier molecular flexibility index (Phi) is 3.72. The number of nitrogens with zero attached hydrogens (tertiary/aromatic N) is 3. The SMILES string of the molecule is CC1CCC(Nc2ccccc2-c2nncn2C)CC1. The second kappa shape index (κ2) is 5.65. The van der Waals surface area contributed by atoms with E-state index < -0.39 is 0 Å². The third-order valence-corrected chi connectivity index (χ3v) is 4.25. The van der Waals surface area contributed by atoms with Crippen LogP contribution in [0.3, 0.4) is 0 Å². The predicted molar refractivity (Wildman–Crippen MR) is 81.5 cm³/mol. The zero-order chi connectivity index (χ0) is 13.9. The maximum Gasteiger partial charge on any atom is 0.165 e. The van der Waals surface area contributed by atoms with Gasteiger partial charge in [-0.15, -0.1) is 10.2 Å². The second-order valence-corrected chi connectivity index (χ2v) is 5.91. The smallest absolute Gasteiger partial charge is 0.165 e. The van der Waals surface area contributed by atoms with E-state index in [4.69, 9.17) is 0 Å². The molecule has 20 heavy (non-hydrogen) atoms. The van der Waals surface area contributed by atoms with Gasteiger partial charge in [0.05, 0.1) is 0 Å². The maximum atomic E-state index is 4.22. The summed E-state index contributed by atoms with van der Waals surface area (Å²) >= 11 is 0. The predicted octanol–water partition coefficient (Wildman–Crippen LogP) is 3.47. The molecule has 4 heteroatoms. The molecule has 0 unspecified atom stereocenters. The lowest BCUT2D eigenvalue weighted by atomic mass is 9.87. The van der Waals surface area contributed by atoms with E-state index in [1.54, 1.807) is 6.33 Å². The zero-order valence-electron chi connectivity index (χ0n) is 12.2. The van der Waals surface area contributed by atoms with Crippen molar-refractivity contribution in [1.82, 2.24) is 14.8 Å². The van der Waals surface area contributed by atoms with Crippen molar-refractivity contribution in [3.8, 4) is 11.4 Å². The van der Waals surface area contributed by atoms with E-state index in [1.165, 1.54) is 31.4 Å². The maximum absolute atomic E-state index is 4.22. The van der Waals surface area contributed by atoms with Crippen LogP contribution in [0.2, 0.25) is 0 Å². The van der Waals surface area contributed by atoms with E-state index in [9.17, 15) is 0 Å². The highest BCUT2D eigenvalue weighted by Gasteiger charge is 2.19. The first-order valence-corrected chi connectivity index (χ1v) is 7.44. The molecule has 1 heterocycles. The highest BCUT2D eigenvalue weighted by atomic mass is 15.2. The van der Waals surface area contributed by atoms with Crippen molar-refractivity contribution in [2.24, 2.45) is 13.0 Å². The van der Waals surface area contributed by atoms with Gasteiger partial charge in [-0.2, -0.15) is 0 Å². The van der Waals surface area contributed by atoms with Crippen molar-refractivity contribution in [2.45, 2.75) is 38.6 Å². The van der Waals surface area contributed by atoms with Crippen molar-refractivity contribution < 1.29 is 0 Å². The Hall–Kier alpha value is -1.84. The number of nitrogens with one attached hydrogen (secondary N) is 1. The summed E-state index contributed by atoms with van der Waals surface area (Å²) in [6.07, 6.45) is 6.91. The molecule has 0 spiro atoms. The van der Waals surface area contributed by atoms with Crippen molar-refractivity contribution >= 4 is 5.69 Å². The summed E-state index contributed by atoms with van der Waals surface area (Å²) in [5, 5.41) is 11.9. The van der Waals surface area contributed by atoms with Gasteiger partial charge in [-0.25, -0.2) is 0 Å². The third kappa shape index (κ3) is 2.69. The van der Waals surface area contributed by atoms with Crippen LogP contribution in [0.5, 0.6) is 0 Å². The molecule has 1 N–H and O–H groups in total. The minimum atomic E-state index is 0.584. The second-order valence-electron chi connectivity index (χ2n) is 5.91. The van der Waals surface area contributed by atoms with Gasteiger partial charge in [-0.05, 0) is 43.7 Å². The van der Waals surface area contributed by atoms with E-state index in [0.29, 0.717) is 6.04 Å². The summed E-state index contributed by atoms with van der Waals surface area (Å²) in [5.74, 6) is 1.79. The van der Waals surface area contributed by atoms with Crippen LogP contribution in [0, 0.1) is 5.92 Å². The largest absolute Gasteiger partial charge is 0.382 e. The van der Waals surface area contributed by atoms with Crippen LogP contribution in [-0.2, 0) is 7.05 Å². The molecule has 3 rings (SSSR count). The molecular weight excluding hydrogens is 248 g/mol. The summed E-state index contributed by atoms with van der Waals surface area (Å²) in [7, 11) is 1.98. The summed E-state index contributed by atoms with van der Waals surface area (Å²) < 4.78 is 1.96. The van der Waals surface area contributed by atoms with Gasteiger partial charge >= 0.3 is 0 Å². The van der Waals surface area contributed by atoms with Gasteiger partial charge in [-0.3, -0.25) is 0 Å². The fraction of sp³-hybridized carbons (Fsp3) is 0.500. The molecule has 0 amide bonds. The van der Waals surface area contributed by atoms with Gasteiger partial charge in [0, 0.05) is 24.3 Å². The van der Waals surface area contributed by atoms with Crippen molar-refractivity contribution in [3.63, 3.8) is 0 Å². The number of hydrogen-bond acceptors (Lipinski definition) is 3. The fourth-order valence-electron chi connectivity index (χ4n) is 2.96. The lowest BCUT2D eigenvalue weighted by molar-refractivity contribution is 0.361. The molecule has 0 bridgehead atoms. The molecule has 1 aliphatic carbocycles. The minimum Gasteiger partial charge on any atom is -0.382 e. The quantitative estimate of drug-likeness (QED) is 0.928. The Morgan fingerprint density at radius 1 is 1.15 bits per heavy atom. The molecule has 0 saturated heterocycles. The monoisotopic (exact) mass is 270 g/mol. The Morgan fingerprint density at radius 3 is 2.60 bits per heavy atom. The van der Waals surface area contributed by atoms with E-state index in [-0.39, 0.29) is 0 Å². The molecule has 1 saturated carbocycles. The highest BCUT2D eigenvalue weighted by molar-refractivity contribution is 5.73. The van der Waals surface area contributed by atoms with Gasteiger partial charge in [0.1, 0.15) is 6.33 Å². The summed E-state index contributed by atoms with van der Waals surface area (Å²) in [6, 6.07) is 8.96. The number of aryl methyl sites for hydroxylation is 1. The third-order valence-electron chi connectivity index (χ3n) is 4.25. The van der Waals surface area contributed by atoms with Crippen LogP contribution < -0.4 is 5.32 Å². The number of benzene rings is 1. The van der Waals surface area contributed by atoms with Crippen LogP contribution in [0.1, 0.15) is 32.6 Å². The van der Waals surface area contributed by atoms with Crippen LogP contribution in [0.15, 0.2) is 30.6 Å². The lowest BCUT2D eigenvalue weighted by Gasteiger charge is -2.28. The number of rotatable bonds is 3. The molecule has 1 aromatic carbocycles. The number of aromatic nitrogens is 3. The number of para-hydroxylation sites is 1. The first-order chi connectivity index (χ1) is 9.74. The topological polar surface area (TPSA) is 42.7 Å². The molecule has 106 valence electrons. The fourth-order valence-corrected chi connectivity index (χ4v) is 2.96. The molecule has 0 atom stereocenters. The zero-order valence-corrected chi connectivity index (χ0v) is 12.2. The average molecular weight is 270 g/mol. The first kappa shape index (κ1) is 13.2. The van der Waals surface area contributed by atoms with Crippen molar-refractivity contribution in [2.75, 3.05) is 5.32 Å². The molecule has 1 fully saturated rings. The van der Waals surface area contributed by atoms with Crippen LogP contribution >= 0.6 is 0 Å². The molecule has 4 nitrogen and oxygen atoms in total. The standard InChI is InChI=1S/C16H22N4/c1-12-7-9-13(10-8-12)18-15-6-4-3-5-14(15)16-19-17-11-20(16)2/h3-6,11-13,18H,7-10H2,1-2H3. The Morgan fingerprint density at radius 2 is 1.90 bits per heavy atom. The Bertz CT molecular complexity index is 567. The van der Waals surface area contributed by atoms with Gasteiger partial charge in [0.25, 0.3) is 0 Å². The molecule has 1 aliphatic rings. The van der Waals surface area contributed by atoms with Gasteiger partial charge < -0.3 is 9.88 Å². The Labute approximate surface area is 120 Å². The van der Waals surface area contributed by atoms with Crippen molar-refractivity contribution in [3.05, 3.63) is 30.6 Å². The summed E-state index contributed by atoms with van der Waals surface area (Å²) in [5.41, 5.74) is 2.30. The van der Waals surface area contributed by atoms with Crippen molar-refractivity contribution in [1.29, 1.82) is 0 Å². The van der Waals surface area contributed by atoms with Crippen LogP contribution in [0.25, 0.3) is 11.4 Å². The van der Waals surface area contributed by atoms with Gasteiger partial charge in [-0.1, -0.05) is 19.1 Å². The van der Waals surface area contributed by atoms with Crippen LogP contribution in [0.4, 0.5) is 5.69 Å². The van der Waals surface area contributed by atoms with E-state index in [1.807, 2.05) is 11.6 Å². The Balaban J connectivity index is 1.82. The van der Waals surface area contributed by atoms with E-state index in [2.05, 4.69) is 46.7 Å². The summed E-state index contributed by atoms with van der Waals surface area (Å²) in [6.45, 7) is 2.35. The molecular formula is C16H22N4. The van der Waals surface area contributed by atoms with E-state index in [0.717, 1.165) is 17.3 Å². The van der Waals surface area contributed by atoms with Gasteiger partial charge in [0.15, 0.2) is 5.82 Å². The summed E-state index contributed by atoms with van der Waals surface area (Å²) in [4.78, 5) is 0. The highest BCUT2D eigenvalue weighted by Crippen LogP contribution is 2.30. The average Bonchev–Trinajstić information content (AvgIpc) is 2.88. The normalized spacial score (nSPS) is 22.7. The lowest BCUT2D eigenvalue weighted by Crippen LogP contribution is -2.25. The van der Waals surface area contributed by atoms with E-state index >= 15 is 0 Å². The minimum absolute atomic E-state index is 0.584. The molecule has 0 aliphatic heterocycles. The van der Waals surface area contributed by atoms with Gasteiger partial charge in [0.2, 0.25) is 0 Å². The molecule has 2 aromatic rings. The molecule has 0 radical (unpaired) electrons. The number of hydrogen-bond donors (Lipinski definition) is 1. The van der Waals surface area contributed by atoms with Crippen LogP contribution in [-0.4, -0.2) is 20.8 Å². The molecule has 1 aromatic heterocycles.